The summed E-state index contributed by atoms with van der Waals surface area (Å²) in [4.78, 5) is 68.9. The number of likely N-dealkylation sites (tertiary alicyclic amines) is 1. The van der Waals surface area contributed by atoms with E-state index in [4.69, 9.17) is 27.9 Å². The highest BCUT2D eigenvalue weighted by atomic mass is 35.5. The summed E-state index contributed by atoms with van der Waals surface area (Å²) >= 11 is 13.7. The van der Waals surface area contributed by atoms with Crippen LogP contribution in [0.15, 0.2) is 48.7 Å². The van der Waals surface area contributed by atoms with Crippen LogP contribution < -0.4 is 26.0 Å². The lowest BCUT2D eigenvalue weighted by Crippen LogP contribution is -2.61. The van der Waals surface area contributed by atoms with Gasteiger partial charge in [-0.05, 0) is 106 Å². The standard InChI is InChI=1S/C46H60Cl2FN9O6S/c1-45(2,38(54-43(63)46(49)15-16-46)42(62)58-26-33(59)22-36(58)40(60)51-23-28-9-12-32(47)13-10-28)65-27-30-7-5-29(6-8-30)25-56-17-19-57(20-18-56)41(61)31-11-14-35(37(21-31)64-4)53-44-52-24-34(48)39(50-3)55-44/h9-14,21,24,29-30,33,36,38,59H,5-8,15-20,22-23,25-27H2,1-4H3,(H,51,60)(H,54,63)(H2,50,52,53,55). The number of thioether (sulfide) groups is 1. The molecule has 5 N–H and O–H groups in total. The van der Waals surface area contributed by atoms with Gasteiger partial charge in [-0.15, -0.1) is 0 Å². The van der Waals surface area contributed by atoms with Crippen LogP contribution >= 0.6 is 35.0 Å². The molecule has 352 valence electrons. The predicted molar refractivity (Wildman–Crippen MR) is 252 cm³/mol. The Labute approximate surface area is 394 Å². The van der Waals surface area contributed by atoms with Crippen LogP contribution in [-0.4, -0.2) is 141 Å². The van der Waals surface area contributed by atoms with Crippen LogP contribution in [0.25, 0.3) is 0 Å². The molecule has 4 amide bonds. The van der Waals surface area contributed by atoms with Crippen molar-refractivity contribution in [3.05, 3.63) is 69.8 Å². The minimum Gasteiger partial charge on any atom is -0.495 e. The van der Waals surface area contributed by atoms with Gasteiger partial charge in [0.15, 0.2) is 5.67 Å². The van der Waals surface area contributed by atoms with Gasteiger partial charge >= 0.3 is 0 Å². The van der Waals surface area contributed by atoms with Crippen molar-refractivity contribution >= 4 is 76.0 Å². The van der Waals surface area contributed by atoms with Crippen molar-refractivity contribution in [2.75, 3.05) is 69.8 Å². The van der Waals surface area contributed by atoms with Gasteiger partial charge in [-0.1, -0.05) is 35.3 Å². The average Bonchev–Trinajstić information content (AvgIpc) is 3.95. The molecule has 7 rings (SSSR count). The number of anilines is 3. The lowest BCUT2D eigenvalue weighted by atomic mass is 9.82. The van der Waals surface area contributed by atoms with Crippen LogP contribution in [0.4, 0.5) is 21.8 Å². The molecular formula is C46H60Cl2FN9O6S. The number of nitrogens with one attached hydrogen (secondary N) is 4. The first kappa shape index (κ1) is 48.5. The van der Waals surface area contributed by atoms with Crippen LogP contribution in [-0.2, 0) is 20.9 Å². The molecule has 2 aliphatic carbocycles. The molecule has 4 aliphatic rings. The predicted octanol–water partition coefficient (Wildman–Crippen LogP) is 5.92. The van der Waals surface area contributed by atoms with E-state index in [1.54, 1.807) is 68.4 Å². The van der Waals surface area contributed by atoms with Crippen molar-refractivity contribution in [2.45, 2.75) is 93.9 Å². The van der Waals surface area contributed by atoms with Gasteiger partial charge in [0.1, 0.15) is 28.7 Å². The monoisotopic (exact) mass is 955 g/mol. The molecule has 3 aromatic rings. The Balaban J connectivity index is 0.882. The largest absolute Gasteiger partial charge is 0.495 e. The molecule has 4 fully saturated rings. The second-order valence-corrected chi connectivity index (χ2v) is 20.7. The van der Waals surface area contributed by atoms with Gasteiger partial charge in [0.2, 0.25) is 17.8 Å². The van der Waals surface area contributed by atoms with E-state index < -0.39 is 46.3 Å². The van der Waals surface area contributed by atoms with Gasteiger partial charge in [-0.3, -0.25) is 24.1 Å². The van der Waals surface area contributed by atoms with Crippen LogP contribution in [0.1, 0.15) is 74.7 Å². The molecule has 15 nitrogen and oxygen atoms in total. The zero-order valence-corrected chi connectivity index (χ0v) is 39.7. The fourth-order valence-corrected chi connectivity index (χ4v) is 10.5. The summed E-state index contributed by atoms with van der Waals surface area (Å²) < 4.78 is 19.8. The fourth-order valence-electron chi connectivity index (χ4n) is 8.84. The molecule has 65 heavy (non-hydrogen) atoms. The molecule has 0 spiro atoms. The van der Waals surface area contributed by atoms with Crippen molar-refractivity contribution < 1.29 is 33.4 Å². The highest BCUT2D eigenvalue weighted by molar-refractivity contribution is 8.00. The molecular weight excluding hydrogens is 897 g/mol. The number of benzene rings is 2. The minimum atomic E-state index is -1.99. The van der Waals surface area contributed by atoms with Crippen LogP contribution in [0.2, 0.25) is 10.0 Å². The summed E-state index contributed by atoms with van der Waals surface area (Å²) in [6.45, 7) is 7.70. The molecule has 0 bridgehead atoms. The molecule has 19 heteroatoms. The first-order valence-electron chi connectivity index (χ1n) is 22.4. The Morgan fingerprint density at radius 1 is 1.02 bits per heavy atom. The Hall–Kier alpha value is -4.42. The Kier molecular flexibility index (Phi) is 15.7. The number of carbonyl (C=O) groups excluding carboxylic acids is 4. The molecule has 1 aromatic heterocycles. The van der Waals surface area contributed by atoms with Crippen molar-refractivity contribution in [1.29, 1.82) is 0 Å². The van der Waals surface area contributed by atoms with E-state index in [1.807, 2.05) is 18.7 Å². The number of β-amino-alcohol motifs (C(OH)–C–C–N with tert-alkyl or cyclic N) is 1. The van der Waals surface area contributed by atoms with Crippen molar-refractivity contribution in [3.8, 4) is 5.75 Å². The summed E-state index contributed by atoms with van der Waals surface area (Å²) in [7, 11) is 3.27. The minimum absolute atomic E-state index is 0.0514. The molecule has 3 atom stereocenters. The smallest absolute Gasteiger partial charge is 0.258 e. The SMILES string of the molecule is CNc1nc(Nc2ccc(C(=O)N3CCN(CC4CCC(CSC(C)(C)C(NC(=O)C5(F)CC5)C(=O)N5CC(O)CC5C(=O)NCc5ccc(Cl)cc5)CC4)CC3)cc2OC)ncc1Cl. The molecule has 2 aliphatic heterocycles. The van der Waals surface area contributed by atoms with Crippen LogP contribution in [0, 0.1) is 11.8 Å². The van der Waals surface area contributed by atoms with Gasteiger partial charge in [-0.2, -0.15) is 16.7 Å². The molecule has 0 radical (unpaired) electrons. The van der Waals surface area contributed by atoms with E-state index in [0.29, 0.717) is 63.7 Å². The summed E-state index contributed by atoms with van der Waals surface area (Å²) in [5.41, 5.74) is -0.0179. The normalized spacial score (nSPS) is 22.5. The Morgan fingerprint density at radius 3 is 2.37 bits per heavy atom. The number of halogens is 3. The highest BCUT2D eigenvalue weighted by Crippen LogP contribution is 2.42. The third-order valence-electron chi connectivity index (χ3n) is 13.1. The maximum atomic E-state index is 15.1. The topological polar surface area (TPSA) is 181 Å². The number of aliphatic hydroxyl groups excluding tert-OH is 1. The fraction of sp³-hybridized carbons (Fsp3) is 0.565. The number of hydrogen-bond acceptors (Lipinski definition) is 12. The third kappa shape index (κ3) is 12.1. The first-order valence-corrected chi connectivity index (χ1v) is 24.1. The average molecular weight is 957 g/mol. The molecule has 3 unspecified atom stereocenters. The molecule has 2 saturated carbocycles. The molecule has 3 heterocycles. The Morgan fingerprint density at radius 2 is 1.71 bits per heavy atom. The number of nitrogens with zero attached hydrogens (tertiary/aromatic N) is 5. The number of carbonyl (C=O) groups is 4. The van der Waals surface area contributed by atoms with E-state index in [0.717, 1.165) is 56.6 Å². The number of alkyl halides is 1. The summed E-state index contributed by atoms with van der Waals surface area (Å²) in [5.74, 6) is 1.21. The third-order valence-corrected chi connectivity index (χ3v) is 15.2. The maximum absolute atomic E-state index is 15.1. The number of amides is 4. The second kappa shape index (κ2) is 21.0. The van der Waals surface area contributed by atoms with Crippen LogP contribution in [0.5, 0.6) is 5.75 Å². The number of ether oxygens (including phenoxy) is 1. The zero-order chi connectivity index (χ0) is 46.5. The summed E-state index contributed by atoms with van der Waals surface area (Å²) in [5, 5.41) is 23.3. The lowest BCUT2D eigenvalue weighted by molar-refractivity contribution is -0.143. The number of aliphatic hydroxyl groups is 1. The summed E-state index contributed by atoms with van der Waals surface area (Å²) in [6, 6.07) is 10.3. The number of methoxy groups -OCH3 is 1. The second-order valence-electron chi connectivity index (χ2n) is 18.2. The number of hydrogen-bond donors (Lipinski definition) is 5. The van der Waals surface area contributed by atoms with Crippen molar-refractivity contribution in [1.82, 2.24) is 35.3 Å². The Bertz CT molecular complexity index is 2190. The van der Waals surface area contributed by atoms with Crippen molar-refractivity contribution in [2.24, 2.45) is 11.8 Å². The van der Waals surface area contributed by atoms with E-state index in [2.05, 4.69) is 36.1 Å². The van der Waals surface area contributed by atoms with Gasteiger partial charge in [-0.25, -0.2) is 9.37 Å². The number of rotatable bonds is 17. The van der Waals surface area contributed by atoms with E-state index in [-0.39, 0.29) is 38.3 Å². The van der Waals surface area contributed by atoms with E-state index in [9.17, 15) is 24.3 Å². The molecule has 2 saturated heterocycles. The van der Waals surface area contributed by atoms with E-state index in [1.165, 1.54) is 11.1 Å². The zero-order valence-electron chi connectivity index (χ0n) is 37.4. The number of piperazine rings is 1. The molecule has 2 aromatic carbocycles. The highest BCUT2D eigenvalue weighted by Gasteiger charge is 2.54. The van der Waals surface area contributed by atoms with E-state index >= 15 is 4.39 Å². The van der Waals surface area contributed by atoms with Gasteiger partial charge in [0.25, 0.3) is 11.8 Å². The van der Waals surface area contributed by atoms with Gasteiger partial charge in [0, 0.05) is 74.6 Å². The summed E-state index contributed by atoms with van der Waals surface area (Å²) in [6.07, 6.45) is 5.01. The first-order chi connectivity index (χ1) is 31.0. The number of aromatic nitrogens is 2. The van der Waals surface area contributed by atoms with Crippen LogP contribution in [0.3, 0.4) is 0 Å². The van der Waals surface area contributed by atoms with Gasteiger partial charge < -0.3 is 40.9 Å². The maximum Gasteiger partial charge on any atom is 0.258 e. The van der Waals surface area contributed by atoms with Gasteiger partial charge in [0.05, 0.1) is 25.1 Å². The van der Waals surface area contributed by atoms with Crippen molar-refractivity contribution in [3.63, 3.8) is 0 Å². The quantitative estimate of drug-likeness (QED) is 0.108. The lowest BCUT2D eigenvalue weighted by Gasteiger charge is -2.40.